The molecule has 0 unspecified atom stereocenters. The molecule has 21 heteroatoms. The Morgan fingerprint density at radius 2 is 0.943 bits per heavy atom. The van der Waals surface area contributed by atoms with Crippen molar-refractivity contribution < 1.29 is 33.4 Å². The molecule has 0 atom stereocenters. The molecule has 5 aromatic heterocycles. The molecule has 0 saturated heterocycles. The van der Waals surface area contributed by atoms with Gasteiger partial charge in [-0.2, -0.15) is 5.26 Å². The lowest BCUT2D eigenvalue weighted by atomic mass is 9.95. The lowest BCUT2D eigenvalue weighted by molar-refractivity contribution is 0.0810. The predicted octanol–water partition coefficient (Wildman–Crippen LogP) is 17.5. The molecule has 3 aliphatic heterocycles. The van der Waals surface area contributed by atoms with Gasteiger partial charge in [-0.25, -0.2) is 14.4 Å². The van der Waals surface area contributed by atoms with E-state index in [2.05, 4.69) is 75.0 Å². The molecule has 15 rings (SSSR count). The molecule has 5 N–H and O–H groups in total. The second-order valence-electron chi connectivity index (χ2n) is 26.1. The van der Waals surface area contributed by atoms with Crippen LogP contribution in [-0.2, 0) is 59.8 Å². The summed E-state index contributed by atoms with van der Waals surface area (Å²) in [6.45, 7) is 16.0. The minimum atomic E-state index is -0.397. The highest BCUT2D eigenvalue weighted by molar-refractivity contribution is 9.10. The zero-order valence-electron chi connectivity index (χ0n) is 61.6. The molecule has 106 heavy (non-hydrogen) atoms. The number of nitriles is 1. The zero-order chi connectivity index (χ0) is 75.5. The zero-order valence-corrected chi connectivity index (χ0v) is 63.1. The molecule has 3 aliphatic rings. The number of halogens is 1. The number of aromatic nitrogens is 5. The number of hydrogen-bond donors (Lipinski definition) is 4. The molecule has 546 valence electrons. The summed E-state index contributed by atoms with van der Waals surface area (Å²) < 4.78 is 16.5. The number of benzene rings is 7. The fourth-order valence-electron chi connectivity index (χ4n) is 12.1. The molecule has 12 aromatic rings. The summed E-state index contributed by atoms with van der Waals surface area (Å²) >= 11 is 3.46. The molecular weight excluding hydrogens is 1390 g/mol. The van der Waals surface area contributed by atoms with Gasteiger partial charge in [-0.15, -0.1) is 0 Å². The first kappa shape index (κ1) is 78.5. The van der Waals surface area contributed by atoms with E-state index in [-0.39, 0.29) is 36.4 Å². The summed E-state index contributed by atoms with van der Waals surface area (Å²) in [7, 11) is 5.38. The van der Waals surface area contributed by atoms with Crippen molar-refractivity contribution in [3.63, 3.8) is 0 Å². The van der Waals surface area contributed by atoms with Crippen molar-refractivity contribution in [3.05, 3.63) is 268 Å². The van der Waals surface area contributed by atoms with Crippen molar-refractivity contribution in [2.75, 3.05) is 44.9 Å². The Morgan fingerprint density at radius 1 is 0.519 bits per heavy atom. The first-order chi connectivity index (χ1) is 51.3. The smallest absolute Gasteiger partial charge is 0.410 e. The maximum absolute atomic E-state index is 11.8. The number of hydrogen-bond acceptors (Lipinski definition) is 16. The minimum absolute atomic E-state index is 0.0821. The topological polar surface area (TPSA) is 256 Å². The number of ether oxygens (including phenoxy) is 3. The Hall–Kier alpha value is -11.6. The largest absolute Gasteiger partial charge is 0.447 e. The summed E-state index contributed by atoms with van der Waals surface area (Å²) in [5.74, 6) is 0.165. The van der Waals surface area contributed by atoms with Crippen LogP contribution in [0.2, 0.25) is 0 Å². The highest BCUT2D eigenvalue weighted by Gasteiger charge is 2.29. The fraction of sp³-hybridized carbons (Fsp3) is 0.271. The van der Waals surface area contributed by atoms with Gasteiger partial charge in [0.15, 0.2) is 0 Å². The summed E-state index contributed by atoms with van der Waals surface area (Å²) in [6.07, 6.45) is 12.1. The number of carbonyl (C=O) groups is 4. The molecule has 0 aliphatic carbocycles. The van der Waals surface area contributed by atoms with Crippen LogP contribution in [0.1, 0.15) is 109 Å². The van der Waals surface area contributed by atoms with Crippen LogP contribution >= 0.6 is 15.9 Å². The van der Waals surface area contributed by atoms with Crippen molar-refractivity contribution in [1.29, 1.82) is 5.26 Å². The Balaban J connectivity index is 0.000000144. The maximum atomic E-state index is 11.8. The van der Waals surface area contributed by atoms with Gasteiger partial charge in [0.2, 0.25) is 0 Å². The van der Waals surface area contributed by atoms with Gasteiger partial charge in [0.1, 0.15) is 0 Å². The number of nitrogens with two attached hydrogens (primary N) is 1. The molecule has 0 saturated carbocycles. The molecule has 20 nitrogen and oxygen atoms in total. The summed E-state index contributed by atoms with van der Waals surface area (Å²) in [4.78, 5) is 73.0. The van der Waals surface area contributed by atoms with Gasteiger partial charge in [0.25, 0.3) is 5.91 Å². The van der Waals surface area contributed by atoms with E-state index in [1.54, 1.807) is 65.8 Å². The van der Waals surface area contributed by atoms with Gasteiger partial charge < -0.3 is 50.6 Å². The highest BCUT2D eigenvalue weighted by Crippen LogP contribution is 2.34. The fourth-order valence-corrected chi connectivity index (χ4v) is 12.6. The van der Waals surface area contributed by atoms with Crippen LogP contribution in [0.15, 0.2) is 217 Å². The van der Waals surface area contributed by atoms with Gasteiger partial charge in [-0.05, 0) is 203 Å². The Morgan fingerprint density at radius 3 is 1.47 bits per heavy atom. The summed E-state index contributed by atoms with van der Waals surface area (Å²) in [5.41, 5.74) is 22.8. The van der Waals surface area contributed by atoms with E-state index in [1.165, 1.54) is 40.0 Å². The van der Waals surface area contributed by atoms with Gasteiger partial charge in [0.05, 0.1) is 57.5 Å². The normalized spacial score (nSPS) is 12.1. The van der Waals surface area contributed by atoms with Gasteiger partial charge in [-0.3, -0.25) is 29.7 Å². The van der Waals surface area contributed by atoms with E-state index in [0.717, 1.165) is 120 Å². The second-order valence-corrected chi connectivity index (χ2v) is 27.0. The first-order valence-electron chi connectivity index (χ1n) is 35.5. The number of nitrogens with zero attached hydrogens (tertiary/aromatic N) is 9. The van der Waals surface area contributed by atoms with Gasteiger partial charge in [-0.1, -0.05) is 101 Å². The molecule has 7 aromatic carbocycles. The number of alkyl carbamates (subject to hydrolysis) is 1. The quantitative estimate of drug-likeness (QED) is 0.0928. The molecular formula is C85H92BrN13O7. The minimum Gasteiger partial charge on any atom is -0.447 e. The van der Waals surface area contributed by atoms with Gasteiger partial charge >= 0.3 is 18.3 Å². The van der Waals surface area contributed by atoms with Crippen LogP contribution in [0.5, 0.6) is 0 Å². The molecule has 0 spiro atoms. The van der Waals surface area contributed by atoms with E-state index in [1.807, 2.05) is 212 Å². The average molecular weight is 1490 g/mol. The van der Waals surface area contributed by atoms with Crippen molar-refractivity contribution >= 4 is 106 Å². The number of nitrogens with one attached hydrogen (secondary N) is 3. The van der Waals surface area contributed by atoms with Crippen LogP contribution in [0, 0.1) is 11.3 Å². The molecule has 0 radical (unpaired) electrons. The average Bonchev–Trinajstić information content (AvgIpc) is 1.73. The third kappa shape index (κ3) is 22.0. The van der Waals surface area contributed by atoms with E-state index < -0.39 is 6.09 Å². The number of fused-ring (bicyclic) bond motifs is 9. The number of anilines is 2. The first-order valence-corrected chi connectivity index (χ1v) is 36.3. The lowest BCUT2D eigenvalue weighted by Gasteiger charge is -2.24. The van der Waals surface area contributed by atoms with Crippen LogP contribution < -0.4 is 21.7 Å². The van der Waals surface area contributed by atoms with Crippen LogP contribution in [-0.4, -0.2) is 116 Å². The Bertz CT molecular complexity index is 4980. The number of rotatable bonds is 10. The van der Waals surface area contributed by atoms with E-state index in [0.29, 0.717) is 31.7 Å². The monoisotopic (exact) mass is 1490 g/mol. The van der Waals surface area contributed by atoms with E-state index in [4.69, 9.17) is 25.2 Å². The standard InChI is InChI=1S/C15H22N2O2.C15H18N2O2.C14H16N2O2.C12H14N2O.C10H10N2.C10H6N2.C9H6BrN/c2*1-11(2)19-15(18)17(3)10-12-6-4-8-14-13(12)7-5-9-16-14;1-10(2)18-14(17)16-9-11-5-3-7-13-12(11)6-4-8-15-13;1-14-7-10-8-3-2-6-13-11(8)5-4-9(10)12(14)15;2*11-7-8-3-1-5-10-9(8)4-2-6-12-10;10-8-4-1-5-9-7(8)3-2-6-11-9/h4,6,8,11,16H,5,7,9-10H2,1-3H3;4-9,11H,10H2,1-3H3;3-8,10H,9H2,1-2H3,(H,16,17);4-5,13H,2-3,6-7H2,1H3;1-6H,7,11H2;1-6H;1-6H. The molecule has 4 amide bonds. The van der Waals surface area contributed by atoms with E-state index in [9.17, 15) is 19.2 Å². The number of carbonyl (C=O) groups excluding carboxylic acids is 4. The van der Waals surface area contributed by atoms with Crippen LogP contribution in [0.25, 0.3) is 54.5 Å². The summed E-state index contributed by atoms with van der Waals surface area (Å²) in [5, 5.41) is 23.6. The molecule has 0 fully saturated rings. The van der Waals surface area contributed by atoms with Crippen molar-refractivity contribution in [2.45, 2.75) is 118 Å². The third-order valence-corrected chi connectivity index (χ3v) is 17.9. The van der Waals surface area contributed by atoms with E-state index >= 15 is 0 Å². The lowest BCUT2D eigenvalue weighted by Crippen LogP contribution is -2.29. The van der Waals surface area contributed by atoms with Crippen molar-refractivity contribution in [1.82, 2.24) is 44.9 Å². The molecule has 8 heterocycles. The van der Waals surface area contributed by atoms with Crippen LogP contribution in [0.3, 0.4) is 0 Å². The summed E-state index contributed by atoms with van der Waals surface area (Å²) in [6, 6.07) is 61.2. The Kier molecular flexibility index (Phi) is 29.1. The maximum Gasteiger partial charge on any atom is 0.410 e. The number of amides is 4. The Labute approximate surface area is 628 Å². The number of pyridine rings is 5. The van der Waals surface area contributed by atoms with Crippen molar-refractivity contribution in [2.24, 2.45) is 5.73 Å². The highest BCUT2D eigenvalue weighted by atomic mass is 79.9. The third-order valence-electron chi connectivity index (χ3n) is 17.2. The molecule has 0 bridgehead atoms. The van der Waals surface area contributed by atoms with Crippen molar-refractivity contribution in [3.8, 4) is 6.07 Å². The second kappa shape index (κ2) is 39.3. The SMILES string of the molecule is Brc1cccc2ncccc12.CC(C)OC(=O)N(C)Cc1cccc2c1CCCN2.CC(C)OC(=O)N(C)Cc1cccc2ncccc12.CC(C)OC(=O)NCc1cccc2ncccc12.CN1Cc2c(ccc3c2CCCN3)C1=O.N#Cc1cccc2ncccc12.NCc1cccc2ncccc12. The van der Waals surface area contributed by atoms with Crippen LogP contribution in [0.4, 0.5) is 25.8 Å². The van der Waals surface area contributed by atoms with Gasteiger partial charge in [0, 0.05) is 146 Å². The predicted molar refractivity (Wildman–Crippen MR) is 426 cm³/mol.